The van der Waals surface area contributed by atoms with Crippen molar-refractivity contribution < 1.29 is 0 Å². The van der Waals surface area contributed by atoms with Crippen LogP contribution in [0.4, 0.5) is 5.69 Å². The van der Waals surface area contributed by atoms with Gasteiger partial charge in [-0.05, 0) is 67.7 Å². The lowest BCUT2D eigenvalue weighted by atomic mass is 9.88. The normalized spacial score (nSPS) is 12.0. The Morgan fingerprint density at radius 1 is 0.433 bits per heavy atom. The average Bonchev–Trinajstić information content (AvgIpc) is 3.84. The second-order valence-electron chi connectivity index (χ2n) is 15.5. The fraction of sp³-hybridized carbons (Fsp3) is 0. The number of nitrogens with zero attached hydrogens (tertiary/aromatic N) is 5. The predicted octanol–water partition coefficient (Wildman–Crippen LogP) is 14.5. The van der Waals surface area contributed by atoms with Gasteiger partial charge in [0.25, 0.3) is 0 Å². The molecular weight excluding hydrogens is 731 g/mol. The van der Waals surface area contributed by atoms with Crippen LogP contribution in [-0.2, 0) is 0 Å². The summed E-state index contributed by atoms with van der Waals surface area (Å²) >= 11 is 0. The molecule has 0 atom stereocenters. The van der Waals surface area contributed by atoms with E-state index in [1.54, 1.807) is 0 Å². The molecule has 0 aliphatic carbocycles. The van der Waals surface area contributed by atoms with Crippen molar-refractivity contribution in [2.45, 2.75) is 0 Å². The van der Waals surface area contributed by atoms with Crippen LogP contribution >= 0.6 is 0 Å². The summed E-state index contributed by atoms with van der Waals surface area (Å²) in [5.41, 5.74) is 10.3. The minimum Gasteiger partial charge on any atom is -0.318 e. The molecule has 5 nitrogen and oxygen atoms in total. The van der Waals surface area contributed by atoms with Gasteiger partial charge in [0.1, 0.15) is 6.07 Å². The van der Waals surface area contributed by atoms with E-state index in [9.17, 15) is 5.26 Å². The Labute approximate surface area is 343 Å². The van der Waals surface area contributed by atoms with Gasteiger partial charge in [-0.2, -0.15) is 5.26 Å². The van der Waals surface area contributed by atoms with Crippen LogP contribution in [0.5, 0.6) is 0 Å². The molecule has 0 saturated heterocycles. The minimum atomic E-state index is 0.415. The highest BCUT2D eigenvalue weighted by Crippen LogP contribution is 2.54. The SMILES string of the molecule is [C-]#[N+]c1c(-c2ccccc2)c(C#N)c(-n2c3cccc4c5ccccc5c5cccc2c5c43)c(-c2ccccc2)c1-n1c2cccc3c4ccccc4c4nccc1c4c32. The van der Waals surface area contributed by atoms with Gasteiger partial charge in [-0.3, -0.25) is 4.98 Å². The zero-order chi connectivity index (χ0) is 39.6. The van der Waals surface area contributed by atoms with Crippen molar-refractivity contribution in [2.24, 2.45) is 0 Å². The van der Waals surface area contributed by atoms with E-state index in [-0.39, 0.29) is 0 Å². The van der Waals surface area contributed by atoms with E-state index in [0.717, 1.165) is 93.4 Å². The molecule has 0 bridgehead atoms. The highest BCUT2D eigenvalue weighted by atomic mass is 15.0. The zero-order valence-corrected chi connectivity index (χ0v) is 32.0. The van der Waals surface area contributed by atoms with E-state index in [2.05, 4.69) is 141 Å². The molecule has 0 fully saturated rings. The monoisotopic (exact) mass is 759 g/mol. The van der Waals surface area contributed by atoms with Crippen LogP contribution in [-0.4, -0.2) is 14.1 Å². The minimum absolute atomic E-state index is 0.415. The number of hydrogen-bond acceptors (Lipinski definition) is 2. The molecule has 274 valence electrons. The summed E-state index contributed by atoms with van der Waals surface area (Å²) in [6.07, 6.45) is 1.89. The summed E-state index contributed by atoms with van der Waals surface area (Å²) in [7, 11) is 0. The Morgan fingerprint density at radius 3 is 1.40 bits per heavy atom. The molecule has 0 saturated carbocycles. The third-order valence-electron chi connectivity index (χ3n) is 12.7. The van der Waals surface area contributed by atoms with Crippen LogP contribution in [0.2, 0.25) is 0 Å². The molecule has 13 rings (SSSR count). The fourth-order valence-corrected chi connectivity index (χ4v) is 10.5. The Balaban J connectivity index is 1.33. The van der Waals surface area contributed by atoms with E-state index in [1.807, 2.05) is 54.7 Å². The van der Waals surface area contributed by atoms with Gasteiger partial charge in [-0.15, -0.1) is 0 Å². The summed E-state index contributed by atoms with van der Waals surface area (Å²) in [5.74, 6) is 0. The fourth-order valence-electron chi connectivity index (χ4n) is 10.5. The lowest BCUT2D eigenvalue weighted by molar-refractivity contribution is 1.13. The van der Waals surface area contributed by atoms with E-state index < -0.39 is 0 Å². The van der Waals surface area contributed by atoms with Crippen molar-refractivity contribution in [1.29, 1.82) is 5.26 Å². The smallest absolute Gasteiger partial charge is 0.220 e. The number of rotatable bonds is 4. The first-order chi connectivity index (χ1) is 29.8. The maximum absolute atomic E-state index is 11.7. The van der Waals surface area contributed by atoms with Crippen LogP contribution in [0.3, 0.4) is 0 Å². The molecular formula is C55H29N5. The van der Waals surface area contributed by atoms with E-state index in [0.29, 0.717) is 16.8 Å². The van der Waals surface area contributed by atoms with Gasteiger partial charge >= 0.3 is 0 Å². The number of pyridine rings is 1. The Kier molecular flexibility index (Phi) is 6.52. The van der Waals surface area contributed by atoms with Gasteiger partial charge < -0.3 is 9.13 Å². The van der Waals surface area contributed by atoms with Crippen LogP contribution in [0.15, 0.2) is 176 Å². The van der Waals surface area contributed by atoms with Crippen molar-refractivity contribution >= 4 is 92.5 Å². The van der Waals surface area contributed by atoms with Crippen LogP contribution in [0, 0.1) is 17.9 Å². The number of nitriles is 1. The molecule has 60 heavy (non-hydrogen) atoms. The van der Waals surface area contributed by atoms with Crippen molar-refractivity contribution in [3.63, 3.8) is 0 Å². The first kappa shape index (κ1) is 32.6. The van der Waals surface area contributed by atoms with Crippen LogP contribution in [0.25, 0.3) is 125 Å². The summed E-state index contributed by atoms with van der Waals surface area (Å²) in [6, 6.07) is 61.8. The van der Waals surface area contributed by atoms with Gasteiger partial charge in [0.15, 0.2) is 0 Å². The largest absolute Gasteiger partial charge is 0.318 e. The summed E-state index contributed by atoms with van der Waals surface area (Å²) < 4.78 is 4.60. The highest BCUT2D eigenvalue weighted by molar-refractivity contribution is 6.36. The lowest BCUT2D eigenvalue weighted by Gasteiger charge is -2.25. The second kappa shape index (κ2) is 12.0. The molecule has 3 heterocycles. The molecule has 5 heteroatoms. The van der Waals surface area contributed by atoms with E-state index in [1.165, 1.54) is 21.5 Å². The van der Waals surface area contributed by atoms with Gasteiger partial charge in [0, 0.05) is 44.3 Å². The van der Waals surface area contributed by atoms with Crippen molar-refractivity contribution in [2.75, 3.05) is 0 Å². The molecule has 0 radical (unpaired) electrons. The first-order valence-electron chi connectivity index (χ1n) is 20.1. The van der Waals surface area contributed by atoms with Gasteiger partial charge in [-0.25, -0.2) is 4.85 Å². The number of fused-ring (bicyclic) bond motifs is 6. The molecule has 0 aliphatic rings. The van der Waals surface area contributed by atoms with Crippen molar-refractivity contribution in [3.8, 4) is 39.7 Å². The third-order valence-corrected chi connectivity index (χ3v) is 12.7. The molecule has 13 aromatic rings. The molecule has 3 aromatic heterocycles. The standard InChI is InChI=1S/C55H29N5/c1-57-53-46(32-15-4-2-5-16-32)41(31-56)54(59-42-26-12-23-37-34-19-8-9-20-35(34)38-24-13-27-43(59)49(38)48(37)42)47(33-17-6-3-7-18-33)55(53)60-44-28-14-25-39-36-21-10-11-22-40(36)52-51(50(39)44)45(60)29-30-58-52/h2-30H. The van der Waals surface area contributed by atoms with Crippen LogP contribution in [0.1, 0.15) is 5.56 Å². The molecule has 0 unspecified atom stereocenters. The molecule has 0 N–H and O–H groups in total. The van der Waals surface area contributed by atoms with Gasteiger partial charge in [-0.1, -0.05) is 146 Å². The van der Waals surface area contributed by atoms with Crippen LogP contribution < -0.4 is 0 Å². The zero-order valence-electron chi connectivity index (χ0n) is 32.0. The molecule has 0 amide bonds. The Hall–Kier alpha value is -8.51. The molecule has 0 aliphatic heterocycles. The highest BCUT2D eigenvalue weighted by Gasteiger charge is 2.33. The predicted molar refractivity (Wildman–Crippen MR) is 247 cm³/mol. The summed E-state index contributed by atoms with van der Waals surface area (Å²) in [6.45, 7) is 9.16. The average molecular weight is 760 g/mol. The lowest BCUT2D eigenvalue weighted by Crippen LogP contribution is -2.08. The number of aromatic nitrogens is 3. The van der Waals surface area contributed by atoms with E-state index >= 15 is 0 Å². The second-order valence-corrected chi connectivity index (χ2v) is 15.5. The van der Waals surface area contributed by atoms with Crippen molar-refractivity contribution in [3.05, 3.63) is 193 Å². The van der Waals surface area contributed by atoms with Gasteiger partial charge in [0.05, 0.1) is 51.1 Å². The Bertz CT molecular complexity index is 3610. The number of benzene rings is 10. The quantitative estimate of drug-likeness (QED) is 0.133. The first-order valence-corrected chi connectivity index (χ1v) is 20.1. The summed E-state index contributed by atoms with van der Waals surface area (Å²) in [5, 5.41) is 24.3. The van der Waals surface area contributed by atoms with E-state index in [4.69, 9.17) is 11.6 Å². The Morgan fingerprint density at radius 2 is 0.867 bits per heavy atom. The van der Waals surface area contributed by atoms with Gasteiger partial charge in [0.2, 0.25) is 5.69 Å². The third kappa shape index (κ3) is 4.05. The maximum Gasteiger partial charge on any atom is 0.220 e. The maximum atomic E-state index is 11.7. The number of hydrogen-bond donors (Lipinski definition) is 0. The topological polar surface area (TPSA) is 50.9 Å². The summed E-state index contributed by atoms with van der Waals surface area (Å²) in [4.78, 5) is 9.51. The molecule has 0 spiro atoms. The molecule has 10 aromatic carbocycles. The van der Waals surface area contributed by atoms with Crippen molar-refractivity contribution in [1.82, 2.24) is 14.1 Å².